The van der Waals surface area contributed by atoms with Crippen LogP contribution >= 0.6 is 11.5 Å². The van der Waals surface area contributed by atoms with E-state index < -0.39 is 0 Å². The van der Waals surface area contributed by atoms with Crippen LogP contribution in [0.1, 0.15) is 21.5 Å². The third-order valence-electron chi connectivity index (χ3n) is 3.40. The summed E-state index contributed by atoms with van der Waals surface area (Å²) < 4.78 is 3.86. The summed E-state index contributed by atoms with van der Waals surface area (Å²) in [6, 6.07) is 7.49. The van der Waals surface area contributed by atoms with Crippen LogP contribution in [0.4, 0.5) is 11.1 Å². The second-order valence-electron chi connectivity index (χ2n) is 5.52. The summed E-state index contributed by atoms with van der Waals surface area (Å²) in [4.78, 5) is 26.3. The van der Waals surface area contributed by atoms with E-state index in [9.17, 15) is 4.79 Å². The normalized spacial score (nSPS) is 10.8. The number of amides is 1. The monoisotopic (exact) mass is 355 g/mol. The lowest BCUT2D eigenvalue weighted by atomic mass is 10.1. The highest BCUT2D eigenvalue weighted by atomic mass is 32.1. The van der Waals surface area contributed by atoms with Crippen LogP contribution in [0.5, 0.6) is 0 Å². The molecule has 0 saturated carbocycles. The van der Waals surface area contributed by atoms with Crippen molar-refractivity contribution >= 4 is 28.5 Å². The first-order chi connectivity index (χ1) is 12.1. The molecule has 3 aromatic rings. The number of benzene rings is 1. The first-order valence-electron chi connectivity index (χ1n) is 7.52. The Hall–Kier alpha value is -2.91. The zero-order valence-corrected chi connectivity index (χ0v) is 14.4. The van der Waals surface area contributed by atoms with Gasteiger partial charge in [-0.05, 0) is 24.7 Å². The Bertz CT molecular complexity index is 836. The molecule has 25 heavy (non-hydrogen) atoms. The van der Waals surface area contributed by atoms with Crippen LogP contribution in [0.15, 0.2) is 43.0 Å². The standard InChI is InChI=1S/C16H17N7OS/c1-23(9-12-6-18-15(17)19-7-12)8-11-3-2-4-13(5-11)14(24)22-16-20-10-21-25-16/h2-7,10H,8-9H2,1H3,(H2,17,18,19)(H,20,21,22,24). The topological polar surface area (TPSA) is 110 Å². The number of hydrogen-bond donors (Lipinski definition) is 2. The summed E-state index contributed by atoms with van der Waals surface area (Å²) in [5, 5.41) is 3.21. The fraction of sp³-hybridized carbons (Fsp3) is 0.188. The lowest BCUT2D eigenvalue weighted by Crippen LogP contribution is -2.18. The maximum atomic E-state index is 12.3. The summed E-state index contributed by atoms with van der Waals surface area (Å²) in [6.07, 6.45) is 4.84. The molecule has 3 N–H and O–H groups in total. The highest BCUT2D eigenvalue weighted by Crippen LogP contribution is 2.13. The summed E-state index contributed by atoms with van der Waals surface area (Å²) >= 11 is 1.14. The predicted molar refractivity (Wildman–Crippen MR) is 95.9 cm³/mol. The highest BCUT2D eigenvalue weighted by Gasteiger charge is 2.10. The Morgan fingerprint density at radius 2 is 1.96 bits per heavy atom. The minimum atomic E-state index is -0.201. The van der Waals surface area contributed by atoms with E-state index >= 15 is 0 Å². The molecule has 0 aliphatic carbocycles. The van der Waals surface area contributed by atoms with E-state index in [1.807, 2.05) is 25.2 Å². The lowest BCUT2D eigenvalue weighted by Gasteiger charge is -2.17. The third kappa shape index (κ3) is 4.78. The van der Waals surface area contributed by atoms with Gasteiger partial charge in [0.25, 0.3) is 5.91 Å². The minimum Gasteiger partial charge on any atom is -0.368 e. The SMILES string of the molecule is CN(Cc1cnc(N)nc1)Cc1cccc(C(=O)Nc2ncns2)c1. The van der Waals surface area contributed by atoms with Crippen molar-refractivity contribution in [1.29, 1.82) is 0 Å². The van der Waals surface area contributed by atoms with Crippen molar-refractivity contribution in [3.05, 3.63) is 59.7 Å². The van der Waals surface area contributed by atoms with Crippen molar-refractivity contribution in [2.45, 2.75) is 13.1 Å². The van der Waals surface area contributed by atoms with Crippen molar-refractivity contribution in [2.24, 2.45) is 0 Å². The van der Waals surface area contributed by atoms with Crippen LogP contribution in [0.2, 0.25) is 0 Å². The summed E-state index contributed by atoms with van der Waals surface area (Å²) in [7, 11) is 1.99. The van der Waals surface area contributed by atoms with Crippen molar-refractivity contribution in [2.75, 3.05) is 18.1 Å². The van der Waals surface area contributed by atoms with Gasteiger partial charge in [0, 0.05) is 48.1 Å². The Balaban J connectivity index is 1.62. The van der Waals surface area contributed by atoms with Crippen molar-refractivity contribution in [1.82, 2.24) is 24.2 Å². The number of nitrogens with zero attached hydrogens (tertiary/aromatic N) is 5. The molecule has 1 aromatic carbocycles. The van der Waals surface area contributed by atoms with Crippen LogP contribution in [0.3, 0.4) is 0 Å². The molecule has 8 nitrogen and oxygen atoms in total. The quantitative estimate of drug-likeness (QED) is 0.693. The van der Waals surface area contributed by atoms with Crippen molar-refractivity contribution in [3.63, 3.8) is 0 Å². The zero-order valence-electron chi connectivity index (χ0n) is 13.6. The van der Waals surface area contributed by atoms with Gasteiger partial charge >= 0.3 is 0 Å². The van der Waals surface area contributed by atoms with Gasteiger partial charge in [-0.15, -0.1) is 0 Å². The second kappa shape index (κ2) is 7.77. The van der Waals surface area contributed by atoms with E-state index in [2.05, 4.69) is 29.5 Å². The second-order valence-corrected chi connectivity index (χ2v) is 6.30. The molecule has 128 valence electrons. The molecule has 3 rings (SSSR count). The van der Waals surface area contributed by atoms with Crippen LogP contribution in [0.25, 0.3) is 0 Å². The van der Waals surface area contributed by atoms with E-state index in [1.54, 1.807) is 18.5 Å². The van der Waals surface area contributed by atoms with Gasteiger partial charge in [0.1, 0.15) is 6.33 Å². The first-order valence-corrected chi connectivity index (χ1v) is 8.29. The van der Waals surface area contributed by atoms with E-state index in [1.165, 1.54) is 6.33 Å². The number of nitrogens with one attached hydrogen (secondary N) is 1. The molecule has 0 fully saturated rings. The number of anilines is 2. The summed E-state index contributed by atoms with van der Waals surface area (Å²) in [6.45, 7) is 1.37. The molecular weight excluding hydrogens is 338 g/mol. The Morgan fingerprint density at radius 3 is 2.68 bits per heavy atom. The number of aromatic nitrogens is 4. The van der Waals surface area contributed by atoms with Crippen molar-refractivity contribution in [3.8, 4) is 0 Å². The Labute approximate surface area is 148 Å². The van der Waals surface area contributed by atoms with Crippen LogP contribution in [-0.2, 0) is 13.1 Å². The largest absolute Gasteiger partial charge is 0.368 e. The number of nitrogens with two attached hydrogens (primary N) is 1. The van der Waals surface area contributed by atoms with Gasteiger partial charge in [0.15, 0.2) is 0 Å². The van der Waals surface area contributed by atoms with Gasteiger partial charge < -0.3 is 5.73 Å². The van der Waals surface area contributed by atoms with Crippen LogP contribution in [-0.4, -0.2) is 37.2 Å². The van der Waals surface area contributed by atoms with E-state index in [0.717, 1.165) is 22.7 Å². The molecule has 0 saturated heterocycles. The summed E-state index contributed by atoms with van der Waals surface area (Å²) in [5.41, 5.74) is 8.08. The maximum absolute atomic E-state index is 12.3. The van der Waals surface area contributed by atoms with E-state index in [-0.39, 0.29) is 11.9 Å². The molecule has 9 heteroatoms. The molecule has 0 spiro atoms. The number of nitrogen functional groups attached to an aromatic ring is 1. The smallest absolute Gasteiger partial charge is 0.257 e. The molecule has 0 radical (unpaired) electrons. The third-order valence-corrected chi connectivity index (χ3v) is 3.98. The average Bonchev–Trinajstić information content (AvgIpc) is 3.10. The molecule has 0 aliphatic heterocycles. The Morgan fingerprint density at radius 1 is 1.20 bits per heavy atom. The van der Waals surface area contributed by atoms with Crippen molar-refractivity contribution < 1.29 is 4.79 Å². The molecule has 2 aromatic heterocycles. The van der Waals surface area contributed by atoms with Gasteiger partial charge in [0.2, 0.25) is 11.1 Å². The first kappa shape index (κ1) is 16.9. The van der Waals surface area contributed by atoms with Gasteiger partial charge in [-0.1, -0.05) is 12.1 Å². The van der Waals surface area contributed by atoms with Crippen LogP contribution < -0.4 is 11.1 Å². The fourth-order valence-corrected chi connectivity index (χ4v) is 2.76. The summed E-state index contributed by atoms with van der Waals surface area (Å²) in [5.74, 6) is 0.0636. The molecule has 0 unspecified atom stereocenters. The predicted octanol–water partition coefficient (Wildman–Crippen LogP) is 1.79. The van der Waals surface area contributed by atoms with E-state index in [0.29, 0.717) is 23.8 Å². The number of rotatable bonds is 6. The number of hydrogen-bond acceptors (Lipinski definition) is 8. The minimum absolute atomic E-state index is 0.201. The van der Waals surface area contributed by atoms with Gasteiger partial charge in [-0.2, -0.15) is 4.37 Å². The molecular formula is C16H17N7OS. The maximum Gasteiger partial charge on any atom is 0.257 e. The molecule has 0 bridgehead atoms. The Kier molecular flexibility index (Phi) is 5.26. The number of carbonyl (C=O) groups is 1. The van der Waals surface area contributed by atoms with Gasteiger partial charge in [-0.25, -0.2) is 15.0 Å². The highest BCUT2D eigenvalue weighted by molar-refractivity contribution is 7.09. The molecule has 0 atom stereocenters. The van der Waals surface area contributed by atoms with Gasteiger partial charge in [0.05, 0.1) is 0 Å². The lowest BCUT2D eigenvalue weighted by molar-refractivity contribution is 0.102. The fourth-order valence-electron chi connectivity index (χ4n) is 2.33. The van der Waals surface area contributed by atoms with Gasteiger partial charge in [-0.3, -0.25) is 15.0 Å². The van der Waals surface area contributed by atoms with E-state index in [4.69, 9.17) is 5.73 Å². The average molecular weight is 355 g/mol. The molecule has 1 amide bonds. The van der Waals surface area contributed by atoms with Crippen LogP contribution in [0, 0.1) is 0 Å². The molecule has 0 aliphatic rings. The number of carbonyl (C=O) groups excluding carboxylic acids is 1. The molecule has 2 heterocycles. The zero-order chi connectivity index (χ0) is 17.6.